The molecule has 1 aliphatic heterocycles. The second-order valence-corrected chi connectivity index (χ2v) is 7.03. The van der Waals surface area contributed by atoms with Crippen LogP contribution in [0, 0.1) is 0 Å². The fourth-order valence-electron chi connectivity index (χ4n) is 3.68. The van der Waals surface area contributed by atoms with Crippen molar-refractivity contribution in [1.29, 1.82) is 0 Å². The lowest BCUT2D eigenvalue weighted by molar-refractivity contribution is 0.254. The van der Waals surface area contributed by atoms with E-state index in [1.165, 1.54) is 11.1 Å². The molecule has 0 bridgehead atoms. The first-order valence-electron chi connectivity index (χ1n) is 9.27. The second kappa shape index (κ2) is 7.45. The topological polar surface area (TPSA) is 48.3 Å². The minimum atomic E-state index is -0.0102. The number of ether oxygens (including phenoxy) is 2. The predicted molar refractivity (Wildman–Crippen MR) is 105 cm³/mol. The van der Waals surface area contributed by atoms with E-state index in [1.54, 1.807) is 7.11 Å². The first-order chi connectivity index (χ1) is 13.2. The van der Waals surface area contributed by atoms with E-state index >= 15 is 0 Å². The van der Waals surface area contributed by atoms with Crippen molar-refractivity contribution in [1.82, 2.24) is 14.9 Å². The average Bonchev–Trinajstić information content (AvgIpc) is 3.26. The molecule has 0 aliphatic carbocycles. The maximum absolute atomic E-state index is 5.93. The Morgan fingerprint density at radius 2 is 2.11 bits per heavy atom. The number of methoxy groups -OCH3 is 1. The summed E-state index contributed by atoms with van der Waals surface area (Å²) >= 11 is 0. The summed E-state index contributed by atoms with van der Waals surface area (Å²) in [4.78, 5) is 4.56. The van der Waals surface area contributed by atoms with Gasteiger partial charge in [0.05, 0.1) is 13.2 Å². The van der Waals surface area contributed by atoms with Gasteiger partial charge in [-0.2, -0.15) is 0 Å². The van der Waals surface area contributed by atoms with Crippen LogP contribution >= 0.6 is 0 Å². The highest BCUT2D eigenvalue weighted by molar-refractivity contribution is 5.48. The molecule has 0 amide bonds. The van der Waals surface area contributed by atoms with Gasteiger partial charge in [-0.3, -0.25) is 5.32 Å². The van der Waals surface area contributed by atoms with Crippen molar-refractivity contribution < 1.29 is 9.47 Å². The molecule has 3 aromatic rings. The molecule has 140 valence electrons. The van der Waals surface area contributed by atoms with Gasteiger partial charge in [0.15, 0.2) is 0 Å². The molecule has 0 saturated carbocycles. The molecule has 0 radical (unpaired) electrons. The van der Waals surface area contributed by atoms with Gasteiger partial charge in [-0.1, -0.05) is 30.3 Å². The van der Waals surface area contributed by atoms with Gasteiger partial charge in [0.25, 0.3) is 0 Å². The smallest absolute Gasteiger partial charge is 0.130 e. The summed E-state index contributed by atoms with van der Waals surface area (Å²) in [6.45, 7) is 2.75. The Kier molecular flexibility index (Phi) is 4.86. The standard InChI is InChI=1S/C22H25N3O2/c1-15-11-17-12-19(26-3)18(13-20(17)27-15)14-24-21(16-7-5-4-6-8-16)22-23-9-10-25(22)2/h4-10,12-13,15,21,24H,11,14H2,1-3H3/t15-,21-/m0/s1. The van der Waals surface area contributed by atoms with Crippen LogP contribution in [0.1, 0.15) is 35.5 Å². The third kappa shape index (κ3) is 3.55. The van der Waals surface area contributed by atoms with E-state index in [1.807, 2.05) is 25.5 Å². The van der Waals surface area contributed by atoms with Crippen molar-refractivity contribution in [3.05, 3.63) is 77.4 Å². The van der Waals surface area contributed by atoms with Crippen LogP contribution in [0.15, 0.2) is 54.9 Å². The number of hydrogen-bond acceptors (Lipinski definition) is 4. The van der Waals surface area contributed by atoms with E-state index in [0.29, 0.717) is 6.54 Å². The number of imidazole rings is 1. The number of nitrogens with zero attached hydrogens (tertiary/aromatic N) is 2. The van der Waals surface area contributed by atoms with Crippen LogP contribution in [0.4, 0.5) is 0 Å². The van der Waals surface area contributed by atoms with Crippen LogP contribution in [-0.4, -0.2) is 22.8 Å². The van der Waals surface area contributed by atoms with Gasteiger partial charge in [0, 0.05) is 43.5 Å². The highest BCUT2D eigenvalue weighted by atomic mass is 16.5. The Hall–Kier alpha value is -2.79. The molecule has 27 heavy (non-hydrogen) atoms. The van der Waals surface area contributed by atoms with Gasteiger partial charge in [-0.15, -0.1) is 0 Å². The number of fused-ring (bicyclic) bond motifs is 1. The van der Waals surface area contributed by atoms with Crippen LogP contribution in [0.2, 0.25) is 0 Å². The Bertz CT molecular complexity index is 921. The summed E-state index contributed by atoms with van der Waals surface area (Å²) in [5, 5.41) is 3.65. The summed E-state index contributed by atoms with van der Waals surface area (Å²) < 4.78 is 13.6. The number of benzene rings is 2. The fourth-order valence-corrected chi connectivity index (χ4v) is 3.68. The Balaban J connectivity index is 1.62. The van der Waals surface area contributed by atoms with Crippen molar-refractivity contribution in [3.8, 4) is 11.5 Å². The molecule has 5 heteroatoms. The van der Waals surface area contributed by atoms with Crippen LogP contribution in [0.3, 0.4) is 0 Å². The van der Waals surface area contributed by atoms with Gasteiger partial charge in [-0.05, 0) is 24.6 Å². The Labute approximate surface area is 160 Å². The van der Waals surface area contributed by atoms with Crippen LogP contribution in [0.25, 0.3) is 0 Å². The zero-order chi connectivity index (χ0) is 18.8. The predicted octanol–water partition coefficient (Wildman–Crippen LogP) is 3.63. The SMILES string of the molecule is COc1cc2c(cc1CN[C@@H](c1ccccc1)c1nccn1C)O[C@@H](C)C2. The molecule has 0 fully saturated rings. The number of aromatic nitrogens is 2. The van der Waals surface area contributed by atoms with Crippen LogP contribution in [-0.2, 0) is 20.0 Å². The average molecular weight is 363 g/mol. The molecule has 2 heterocycles. The molecule has 5 nitrogen and oxygen atoms in total. The fraction of sp³-hybridized carbons (Fsp3) is 0.318. The highest BCUT2D eigenvalue weighted by Crippen LogP contribution is 2.35. The molecule has 4 rings (SSSR count). The number of aryl methyl sites for hydroxylation is 1. The zero-order valence-corrected chi connectivity index (χ0v) is 16.0. The van der Waals surface area contributed by atoms with Gasteiger partial charge >= 0.3 is 0 Å². The minimum Gasteiger partial charge on any atom is -0.496 e. The molecule has 1 aromatic heterocycles. The minimum absolute atomic E-state index is 0.0102. The van der Waals surface area contributed by atoms with Crippen molar-refractivity contribution in [2.24, 2.45) is 7.05 Å². The van der Waals surface area contributed by atoms with E-state index in [9.17, 15) is 0 Å². The van der Waals surface area contributed by atoms with Crippen molar-refractivity contribution in [2.45, 2.75) is 32.0 Å². The molecular formula is C22H25N3O2. The summed E-state index contributed by atoms with van der Waals surface area (Å²) in [7, 11) is 3.74. The van der Waals surface area contributed by atoms with E-state index in [4.69, 9.17) is 9.47 Å². The summed E-state index contributed by atoms with van der Waals surface area (Å²) in [6.07, 6.45) is 4.95. The second-order valence-electron chi connectivity index (χ2n) is 7.03. The van der Waals surface area contributed by atoms with Crippen LogP contribution < -0.4 is 14.8 Å². The Morgan fingerprint density at radius 3 is 2.81 bits per heavy atom. The summed E-state index contributed by atoms with van der Waals surface area (Å²) in [5.74, 6) is 2.84. The van der Waals surface area contributed by atoms with Crippen molar-refractivity contribution >= 4 is 0 Å². The van der Waals surface area contributed by atoms with Gasteiger partial charge in [0.1, 0.15) is 23.4 Å². The maximum Gasteiger partial charge on any atom is 0.130 e. The van der Waals surface area contributed by atoms with E-state index in [-0.39, 0.29) is 12.1 Å². The van der Waals surface area contributed by atoms with Gasteiger partial charge < -0.3 is 14.0 Å². The largest absolute Gasteiger partial charge is 0.496 e. The Morgan fingerprint density at radius 1 is 1.30 bits per heavy atom. The highest BCUT2D eigenvalue weighted by Gasteiger charge is 2.23. The van der Waals surface area contributed by atoms with Crippen molar-refractivity contribution in [3.63, 3.8) is 0 Å². The first-order valence-corrected chi connectivity index (χ1v) is 9.27. The van der Waals surface area contributed by atoms with E-state index in [0.717, 1.165) is 29.3 Å². The summed E-state index contributed by atoms with van der Waals surface area (Å²) in [6, 6.07) is 14.6. The van der Waals surface area contributed by atoms with E-state index in [2.05, 4.69) is 58.2 Å². The zero-order valence-electron chi connectivity index (χ0n) is 16.0. The van der Waals surface area contributed by atoms with Gasteiger partial charge in [0.2, 0.25) is 0 Å². The lowest BCUT2D eigenvalue weighted by Crippen LogP contribution is -2.25. The van der Waals surface area contributed by atoms with Crippen LogP contribution in [0.5, 0.6) is 11.5 Å². The molecule has 1 N–H and O–H groups in total. The molecule has 2 atom stereocenters. The molecule has 1 aliphatic rings. The molecule has 0 spiro atoms. The number of rotatable bonds is 6. The molecule has 2 aromatic carbocycles. The molecule has 0 saturated heterocycles. The third-order valence-electron chi connectivity index (χ3n) is 5.05. The maximum atomic E-state index is 5.93. The van der Waals surface area contributed by atoms with Gasteiger partial charge in [-0.25, -0.2) is 4.98 Å². The first kappa shape index (κ1) is 17.6. The summed E-state index contributed by atoms with van der Waals surface area (Å²) in [5.41, 5.74) is 3.48. The van der Waals surface area contributed by atoms with E-state index < -0.39 is 0 Å². The monoisotopic (exact) mass is 363 g/mol. The number of hydrogen-bond donors (Lipinski definition) is 1. The third-order valence-corrected chi connectivity index (χ3v) is 5.05. The number of nitrogens with one attached hydrogen (secondary N) is 1. The van der Waals surface area contributed by atoms with Crippen molar-refractivity contribution in [2.75, 3.05) is 7.11 Å². The molecular weight excluding hydrogens is 338 g/mol. The lowest BCUT2D eigenvalue weighted by Gasteiger charge is -2.20. The normalized spacial score (nSPS) is 16.6. The quantitative estimate of drug-likeness (QED) is 0.727. The molecule has 0 unspecified atom stereocenters. The lowest BCUT2D eigenvalue weighted by atomic mass is 10.0.